The second-order valence-corrected chi connectivity index (χ2v) is 9.44. The Morgan fingerprint density at radius 2 is 2.11 bits per heavy atom. The van der Waals surface area contributed by atoms with E-state index in [1.165, 1.54) is 5.57 Å². The summed E-state index contributed by atoms with van der Waals surface area (Å²) in [4.78, 5) is 12.8. The van der Waals surface area contributed by atoms with Gasteiger partial charge < -0.3 is 36.4 Å². The Bertz CT molecular complexity index is 895. The number of phenols is 1. The summed E-state index contributed by atoms with van der Waals surface area (Å²) in [5.74, 6) is 0.575. The maximum absolute atomic E-state index is 12.8. The van der Waals surface area contributed by atoms with Crippen LogP contribution in [0.5, 0.6) is 11.5 Å². The molecule has 0 radical (unpaired) electrons. The molecule has 1 unspecified atom stereocenters. The smallest absolute Gasteiger partial charge is 0.174 e. The van der Waals surface area contributed by atoms with Gasteiger partial charge in [-0.05, 0) is 38.0 Å². The summed E-state index contributed by atoms with van der Waals surface area (Å²) < 4.78 is 6.85. The number of likely N-dealkylation sites (tertiary alicyclic amines) is 1. The summed E-state index contributed by atoms with van der Waals surface area (Å²) in [6.45, 7) is 5.98. The van der Waals surface area contributed by atoms with E-state index in [4.69, 9.17) is 4.74 Å². The van der Waals surface area contributed by atoms with Gasteiger partial charge in [0.2, 0.25) is 0 Å². The lowest BCUT2D eigenvalue weighted by molar-refractivity contribution is -0.944. The van der Waals surface area contributed by atoms with Gasteiger partial charge in [-0.15, -0.1) is 0 Å². The van der Waals surface area contributed by atoms with Crippen LogP contribution in [0.4, 0.5) is 0 Å². The number of ketones is 1. The Hall–Kier alpha value is -1.37. The highest BCUT2D eigenvalue weighted by atomic mass is 79.9. The summed E-state index contributed by atoms with van der Waals surface area (Å²) in [5, 5.41) is 22.6. The molecule has 2 aliphatic carbocycles. The first-order valence-corrected chi connectivity index (χ1v) is 9.98. The van der Waals surface area contributed by atoms with Crippen LogP contribution in [0.15, 0.2) is 23.8 Å². The molecule has 2 heterocycles. The van der Waals surface area contributed by atoms with Crippen molar-refractivity contribution < 1.29 is 41.2 Å². The van der Waals surface area contributed by atoms with E-state index in [0.29, 0.717) is 25.0 Å². The number of carbonyl (C=O) groups excluding carboxylic acids is 1. The highest BCUT2D eigenvalue weighted by Gasteiger charge is 2.76. The molecule has 152 valence electrons. The van der Waals surface area contributed by atoms with E-state index >= 15 is 0 Å². The lowest BCUT2D eigenvalue weighted by atomic mass is 9.48. The minimum Gasteiger partial charge on any atom is -1.00 e. The SMILES string of the molecule is CC(C)=CC[N+]1(C)CC[C@]23c4c5ccc(O)c4O[C@H]2C(=O)CC[C@@]3(O)[C@H]1C5.[Br-]. The zero-order chi connectivity index (χ0) is 19.2. The van der Waals surface area contributed by atoms with Gasteiger partial charge in [-0.2, -0.15) is 0 Å². The van der Waals surface area contributed by atoms with Crippen molar-refractivity contribution in [3.63, 3.8) is 0 Å². The molecule has 2 bridgehead atoms. The third kappa shape index (κ3) is 2.17. The van der Waals surface area contributed by atoms with Crippen molar-refractivity contribution in [2.24, 2.45) is 0 Å². The second-order valence-electron chi connectivity index (χ2n) is 9.44. The first-order chi connectivity index (χ1) is 12.7. The number of piperidine rings is 1. The number of phenolic OH excluding ortho intramolecular Hbond substituents is 1. The molecular weight excluding hydrogens is 422 g/mol. The van der Waals surface area contributed by atoms with Gasteiger partial charge in [0, 0.05) is 24.8 Å². The largest absolute Gasteiger partial charge is 1.00 e. The normalized spacial score (nSPS) is 39.5. The number of quaternary nitrogens is 1. The van der Waals surface area contributed by atoms with E-state index in [9.17, 15) is 15.0 Å². The zero-order valence-electron chi connectivity index (χ0n) is 16.7. The number of aliphatic hydroxyl groups is 1. The Kier molecular flexibility index (Phi) is 4.32. The standard InChI is InChI=1S/C22H27NO4.BrH/c1-13(2)7-10-23(3)11-9-21-18-14-4-5-15(24)19(18)27-20(21)16(25)6-8-22(21,26)17(23)12-14;/h4-5,7,17,20,26H,6,8-12H2,1-3H3;1H/t17-,20+,21+,22-,23?;/m1./s1. The summed E-state index contributed by atoms with van der Waals surface area (Å²) >= 11 is 0. The molecule has 5 atom stereocenters. The molecular formula is C22H28BrNO4. The van der Waals surface area contributed by atoms with Crippen molar-refractivity contribution in [2.45, 2.75) is 62.7 Å². The molecule has 1 aromatic carbocycles. The molecule has 4 aliphatic rings. The average Bonchev–Trinajstić information content (AvgIpc) is 2.98. The van der Waals surface area contributed by atoms with Crippen LogP contribution >= 0.6 is 0 Å². The van der Waals surface area contributed by atoms with Crippen LogP contribution in [-0.4, -0.2) is 58.4 Å². The fourth-order valence-corrected chi connectivity index (χ4v) is 6.44. The average molecular weight is 450 g/mol. The number of hydrogen-bond donors (Lipinski definition) is 2. The van der Waals surface area contributed by atoms with E-state index in [-0.39, 0.29) is 34.6 Å². The zero-order valence-corrected chi connectivity index (χ0v) is 18.3. The van der Waals surface area contributed by atoms with E-state index in [2.05, 4.69) is 27.0 Å². The number of Topliss-reactive ketones (excluding diaryl/α,β-unsaturated/α-hetero) is 1. The highest BCUT2D eigenvalue weighted by molar-refractivity contribution is 5.90. The second kappa shape index (κ2) is 6.07. The molecule has 2 aliphatic heterocycles. The summed E-state index contributed by atoms with van der Waals surface area (Å²) in [7, 11) is 2.24. The Labute approximate surface area is 176 Å². The minimum atomic E-state index is -0.986. The first-order valence-electron chi connectivity index (χ1n) is 9.98. The van der Waals surface area contributed by atoms with Gasteiger partial charge in [0.05, 0.1) is 25.6 Å². The Morgan fingerprint density at radius 1 is 1.36 bits per heavy atom. The summed E-state index contributed by atoms with van der Waals surface area (Å²) in [6.07, 6.45) is 3.86. The van der Waals surface area contributed by atoms with Crippen molar-refractivity contribution >= 4 is 5.78 Å². The third-order valence-corrected chi connectivity index (χ3v) is 7.82. The predicted octanol–water partition coefficient (Wildman–Crippen LogP) is -0.770. The van der Waals surface area contributed by atoms with Crippen LogP contribution in [0, 0.1) is 0 Å². The van der Waals surface area contributed by atoms with Crippen LogP contribution < -0.4 is 21.7 Å². The van der Waals surface area contributed by atoms with Gasteiger partial charge in [0.1, 0.15) is 11.6 Å². The number of likely N-dealkylation sites (N-methyl/N-ethyl adjacent to an activating group) is 1. The maximum Gasteiger partial charge on any atom is 0.174 e. The molecule has 28 heavy (non-hydrogen) atoms. The van der Waals surface area contributed by atoms with Gasteiger partial charge in [0.25, 0.3) is 0 Å². The molecule has 5 nitrogen and oxygen atoms in total. The quantitative estimate of drug-likeness (QED) is 0.459. The molecule has 1 saturated carbocycles. The van der Waals surface area contributed by atoms with Gasteiger partial charge in [-0.1, -0.05) is 11.6 Å². The highest BCUT2D eigenvalue weighted by Crippen LogP contribution is 2.65. The summed E-state index contributed by atoms with van der Waals surface area (Å²) in [5.41, 5.74) is 1.62. The number of carbonyl (C=O) groups is 1. The fraction of sp³-hybridized carbons (Fsp3) is 0.591. The van der Waals surface area contributed by atoms with Crippen LogP contribution in [0.2, 0.25) is 0 Å². The lowest BCUT2D eigenvalue weighted by Gasteiger charge is -2.64. The third-order valence-electron chi connectivity index (χ3n) is 7.82. The molecule has 0 aromatic heterocycles. The molecule has 5 rings (SSSR count). The van der Waals surface area contributed by atoms with Gasteiger partial charge in [-0.25, -0.2) is 0 Å². The number of rotatable bonds is 2. The molecule has 2 N–H and O–H groups in total. The topological polar surface area (TPSA) is 66.8 Å². The van der Waals surface area contributed by atoms with Crippen LogP contribution in [-0.2, 0) is 16.6 Å². The van der Waals surface area contributed by atoms with Gasteiger partial charge in [-0.3, -0.25) is 4.79 Å². The van der Waals surface area contributed by atoms with Crippen LogP contribution in [0.25, 0.3) is 0 Å². The van der Waals surface area contributed by atoms with Crippen molar-refractivity contribution in [1.29, 1.82) is 0 Å². The summed E-state index contributed by atoms with van der Waals surface area (Å²) in [6, 6.07) is 3.65. The minimum absolute atomic E-state index is 0. The molecule has 0 amide bonds. The monoisotopic (exact) mass is 449 g/mol. The van der Waals surface area contributed by atoms with Crippen molar-refractivity contribution in [3.8, 4) is 11.5 Å². The van der Waals surface area contributed by atoms with Crippen LogP contribution in [0.1, 0.15) is 44.2 Å². The predicted molar refractivity (Wildman–Crippen MR) is 101 cm³/mol. The molecule has 1 saturated heterocycles. The fourth-order valence-electron chi connectivity index (χ4n) is 6.44. The van der Waals surface area contributed by atoms with Crippen molar-refractivity contribution in [2.75, 3.05) is 20.1 Å². The number of aromatic hydroxyl groups is 1. The van der Waals surface area contributed by atoms with E-state index in [0.717, 1.165) is 35.1 Å². The number of halogens is 1. The maximum atomic E-state index is 12.8. The van der Waals surface area contributed by atoms with Gasteiger partial charge in [0.15, 0.2) is 23.4 Å². The molecule has 2 fully saturated rings. The number of nitrogens with zero attached hydrogens (tertiary/aromatic N) is 1. The van der Waals surface area contributed by atoms with Crippen LogP contribution in [0.3, 0.4) is 0 Å². The Morgan fingerprint density at radius 3 is 2.82 bits per heavy atom. The number of allylic oxidation sites excluding steroid dienone is 1. The van der Waals surface area contributed by atoms with E-state index < -0.39 is 17.1 Å². The van der Waals surface area contributed by atoms with E-state index in [1.807, 2.05) is 6.07 Å². The molecule has 1 aromatic rings. The van der Waals surface area contributed by atoms with Crippen molar-refractivity contribution in [1.82, 2.24) is 0 Å². The van der Waals surface area contributed by atoms with Crippen molar-refractivity contribution in [3.05, 3.63) is 34.9 Å². The number of hydrogen-bond acceptors (Lipinski definition) is 4. The van der Waals surface area contributed by atoms with Gasteiger partial charge >= 0.3 is 0 Å². The molecule has 1 spiro atoms. The Balaban J connectivity index is 0.00000192. The molecule has 6 heteroatoms. The number of ether oxygens (including phenoxy) is 1. The number of benzene rings is 1. The first kappa shape index (κ1) is 19.9. The van der Waals surface area contributed by atoms with E-state index in [1.54, 1.807) is 6.07 Å². The lowest BCUT2D eigenvalue weighted by Crippen LogP contribution is -3.00.